The van der Waals surface area contributed by atoms with Crippen molar-refractivity contribution >= 4 is 11.9 Å². The van der Waals surface area contributed by atoms with Crippen molar-refractivity contribution in [1.29, 1.82) is 0 Å². The van der Waals surface area contributed by atoms with E-state index in [0.717, 1.165) is 12.8 Å². The third-order valence-corrected chi connectivity index (χ3v) is 3.73. The highest BCUT2D eigenvalue weighted by atomic mass is 16.4. The van der Waals surface area contributed by atoms with E-state index in [-0.39, 0.29) is 12.8 Å². The van der Waals surface area contributed by atoms with Crippen molar-refractivity contribution in [2.24, 2.45) is 0 Å². The van der Waals surface area contributed by atoms with Gasteiger partial charge in [-0.2, -0.15) is 0 Å². The van der Waals surface area contributed by atoms with Crippen molar-refractivity contribution in [3.63, 3.8) is 0 Å². The molecule has 0 spiro atoms. The molecule has 20 heavy (non-hydrogen) atoms. The minimum absolute atomic E-state index is 0.188. The number of nitrogens with zero attached hydrogens (tertiary/aromatic N) is 2. The van der Waals surface area contributed by atoms with E-state index in [4.69, 9.17) is 10.2 Å². The SMILES string of the molecule is C1CN2CCN1CC2.O=C(O)CCCCCCC(=O)O. The summed E-state index contributed by atoms with van der Waals surface area (Å²) in [6, 6.07) is 0. The second-order valence-electron chi connectivity index (χ2n) is 5.38. The van der Waals surface area contributed by atoms with Crippen molar-refractivity contribution in [3.8, 4) is 0 Å². The number of fused-ring (bicyclic) bond motifs is 3. The van der Waals surface area contributed by atoms with Crippen LogP contribution in [0.5, 0.6) is 0 Å². The minimum atomic E-state index is -0.784. The maximum absolute atomic E-state index is 10.0. The first-order valence-electron chi connectivity index (χ1n) is 7.46. The number of carbonyl (C=O) groups is 2. The fourth-order valence-corrected chi connectivity index (χ4v) is 2.43. The van der Waals surface area contributed by atoms with E-state index in [1.165, 1.54) is 39.3 Å². The van der Waals surface area contributed by atoms with E-state index in [0.29, 0.717) is 12.8 Å². The molecule has 2 bridgehead atoms. The van der Waals surface area contributed by atoms with Crippen LogP contribution in [-0.2, 0) is 9.59 Å². The van der Waals surface area contributed by atoms with E-state index < -0.39 is 11.9 Å². The molecule has 0 radical (unpaired) electrons. The van der Waals surface area contributed by atoms with Crippen LogP contribution in [0.15, 0.2) is 0 Å². The summed E-state index contributed by atoms with van der Waals surface area (Å²) in [6.45, 7) is 7.92. The van der Waals surface area contributed by atoms with Crippen LogP contribution in [-0.4, -0.2) is 71.2 Å². The Hall–Kier alpha value is -1.14. The molecule has 116 valence electrons. The van der Waals surface area contributed by atoms with E-state index in [9.17, 15) is 9.59 Å². The van der Waals surface area contributed by atoms with Gasteiger partial charge >= 0.3 is 11.9 Å². The standard InChI is InChI=1S/C8H14O4.C6H12N2/c9-7(10)5-3-1-2-4-6-8(11)12;1-2-8-5-3-7(1)4-6-8/h1-6H2,(H,9,10)(H,11,12);1-6H2. The molecule has 0 unspecified atom stereocenters. The fourth-order valence-electron chi connectivity index (χ4n) is 2.43. The van der Waals surface area contributed by atoms with Crippen molar-refractivity contribution < 1.29 is 19.8 Å². The molecule has 3 rings (SSSR count). The molecule has 3 heterocycles. The quantitative estimate of drug-likeness (QED) is 0.682. The van der Waals surface area contributed by atoms with Gasteiger partial charge in [0.1, 0.15) is 0 Å². The normalized spacial score (nSPS) is 23.8. The number of hydrogen-bond donors (Lipinski definition) is 2. The molecule has 3 aliphatic heterocycles. The van der Waals surface area contributed by atoms with Gasteiger partial charge in [0.2, 0.25) is 0 Å². The summed E-state index contributed by atoms with van der Waals surface area (Å²) in [4.78, 5) is 25.2. The molecule has 0 saturated carbocycles. The molecule has 0 aromatic heterocycles. The van der Waals surface area contributed by atoms with Gasteiger partial charge in [-0.05, 0) is 12.8 Å². The monoisotopic (exact) mass is 286 g/mol. The number of rotatable bonds is 7. The Kier molecular flexibility index (Phi) is 8.22. The zero-order valence-corrected chi connectivity index (χ0v) is 12.1. The van der Waals surface area contributed by atoms with Gasteiger partial charge in [0.15, 0.2) is 0 Å². The van der Waals surface area contributed by atoms with Gasteiger partial charge in [-0.3, -0.25) is 19.4 Å². The molecular weight excluding hydrogens is 260 g/mol. The van der Waals surface area contributed by atoms with Gasteiger partial charge in [-0.15, -0.1) is 0 Å². The molecule has 0 aliphatic carbocycles. The molecular formula is C14H26N2O4. The van der Waals surface area contributed by atoms with Gasteiger partial charge in [0, 0.05) is 52.1 Å². The first-order chi connectivity index (χ1) is 9.58. The van der Waals surface area contributed by atoms with Crippen LogP contribution in [0.25, 0.3) is 0 Å². The number of carboxylic acid groups (broad SMARTS) is 2. The molecule has 3 saturated heterocycles. The van der Waals surface area contributed by atoms with E-state index >= 15 is 0 Å². The second-order valence-corrected chi connectivity index (χ2v) is 5.38. The van der Waals surface area contributed by atoms with Crippen LogP contribution in [0.2, 0.25) is 0 Å². The first-order valence-corrected chi connectivity index (χ1v) is 7.46. The van der Waals surface area contributed by atoms with Crippen LogP contribution >= 0.6 is 0 Å². The molecule has 6 nitrogen and oxygen atoms in total. The topological polar surface area (TPSA) is 81.1 Å². The Morgan fingerprint density at radius 3 is 1.15 bits per heavy atom. The van der Waals surface area contributed by atoms with Gasteiger partial charge in [-0.25, -0.2) is 0 Å². The molecule has 0 aromatic carbocycles. The average Bonchev–Trinajstić information content (AvgIpc) is 2.45. The van der Waals surface area contributed by atoms with Gasteiger partial charge in [-0.1, -0.05) is 12.8 Å². The summed E-state index contributed by atoms with van der Waals surface area (Å²) < 4.78 is 0. The number of hydrogen-bond acceptors (Lipinski definition) is 4. The van der Waals surface area contributed by atoms with E-state index in [1.807, 2.05) is 0 Å². The molecule has 0 amide bonds. The van der Waals surface area contributed by atoms with E-state index in [2.05, 4.69) is 9.80 Å². The maximum Gasteiger partial charge on any atom is 0.303 e. The van der Waals surface area contributed by atoms with Crippen molar-refractivity contribution in [2.75, 3.05) is 39.3 Å². The summed E-state index contributed by atoms with van der Waals surface area (Å²) in [5.41, 5.74) is 0. The molecule has 2 N–H and O–H groups in total. The van der Waals surface area contributed by atoms with E-state index in [1.54, 1.807) is 0 Å². The lowest BCUT2D eigenvalue weighted by Crippen LogP contribution is -2.55. The third kappa shape index (κ3) is 8.12. The summed E-state index contributed by atoms with van der Waals surface area (Å²) in [5.74, 6) is -1.57. The first kappa shape index (κ1) is 16.9. The Labute approximate surface area is 120 Å². The average molecular weight is 286 g/mol. The number of unbranched alkanes of at least 4 members (excludes halogenated alkanes) is 3. The van der Waals surface area contributed by atoms with Crippen LogP contribution in [0.3, 0.4) is 0 Å². The molecule has 0 atom stereocenters. The Morgan fingerprint density at radius 1 is 0.650 bits per heavy atom. The summed E-state index contributed by atoms with van der Waals surface area (Å²) in [5, 5.41) is 16.5. The lowest BCUT2D eigenvalue weighted by atomic mass is 10.1. The molecule has 3 fully saturated rings. The summed E-state index contributed by atoms with van der Waals surface area (Å²) >= 11 is 0. The largest absolute Gasteiger partial charge is 0.481 e. The highest BCUT2D eigenvalue weighted by Crippen LogP contribution is 2.07. The zero-order chi connectivity index (χ0) is 14.8. The smallest absolute Gasteiger partial charge is 0.303 e. The highest BCUT2D eigenvalue weighted by Gasteiger charge is 2.21. The lowest BCUT2D eigenvalue weighted by molar-refractivity contribution is -0.138. The number of carboxylic acids is 2. The fraction of sp³-hybridized carbons (Fsp3) is 0.857. The van der Waals surface area contributed by atoms with Crippen molar-refractivity contribution in [1.82, 2.24) is 9.80 Å². The van der Waals surface area contributed by atoms with Crippen molar-refractivity contribution in [3.05, 3.63) is 0 Å². The predicted molar refractivity (Wildman–Crippen MR) is 75.9 cm³/mol. The maximum atomic E-state index is 10.0. The van der Waals surface area contributed by atoms with Crippen LogP contribution in [0, 0.1) is 0 Å². The van der Waals surface area contributed by atoms with Gasteiger partial charge < -0.3 is 10.2 Å². The number of aliphatic carboxylic acids is 2. The summed E-state index contributed by atoms with van der Waals surface area (Å²) in [7, 11) is 0. The lowest BCUT2D eigenvalue weighted by Gasteiger charge is -2.41. The third-order valence-electron chi connectivity index (χ3n) is 3.73. The van der Waals surface area contributed by atoms with Gasteiger partial charge in [0.25, 0.3) is 0 Å². The van der Waals surface area contributed by atoms with Crippen LogP contribution in [0.4, 0.5) is 0 Å². The molecule has 0 aromatic rings. The zero-order valence-electron chi connectivity index (χ0n) is 12.1. The predicted octanol–water partition coefficient (Wildman–Crippen LogP) is 1.11. The minimum Gasteiger partial charge on any atom is -0.481 e. The highest BCUT2D eigenvalue weighted by molar-refractivity contribution is 5.66. The Bertz CT molecular complexity index is 261. The summed E-state index contributed by atoms with van der Waals surface area (Å²) in [6.07, 6.45) is 3.28. The van der Waals surface area contributed by atoms with Crippen molar-refractivity contribution in [2.45, 2.75) is 38.5 Å². The van der Waals surface area contributed by atoms with Crippen LogP contribution in [0.1, 0.15) is 38.5 Å². The molecule has 3 aliphatic rings. The second kappa shape index (κ2) is 9.72. The van der Waals surface area contributed by atoms with Crippen LogP contribution < -0.4 is 0 Å². The van der Waals surface area contributed by atoms with Gasteiger partial charge in [0.05, 0.1) is 0 Å². The Balaban J connectivity index is 0.000000212. The molecule has 6 heteroatoms. The number of piperazine rings is 3. The Morgan fingerprint density at radius 2 is 0.950 bits per heavy atom.